The van der Waals surface area contributed by atoms with Crippen molar-refractivity contribution in [3.63, 3.8) is 0 Å². The zero-order valence-corrected chi connectivity index (χ0v) is 12.4. The first-order valence-electron chi connectivity index (χ1n) is 6.61. The summed E-state index contributed by atoms with van der Waals surface area (Å²) in [5, 5.41) is 0. The van der Waals surface area contributed by atoms with E-state index in [1.807, 2.05) is 46.0 Å². The van der Waals surface area contributed by atoms with E-state index in [4.69, 9.17) is 0 Å². The first-order chi connectivity index (χ1) is 9.13. The lowest BCUT2D eigenvalue weighted by molar-refractivity contribution is -0.140. The van der Waals surface area contributed by atoms with E-state index in [1.165, 1.54) is 7.11 Å². The maximum Gasteiger partial charge on any atom is 0.305 e. The van der Waals surface area contributed by atoms with Crippen LogP contribution in [0.5, 0.6) is 0 Å². The summed E-state index contributed by atoms with van der Waals surface area (Å²) in [7, 11) is 3.41. The minimum Gasteiger partial charge on any atom is -0.469 e. The number of aromatic nitrogens is 2. The molecule has 2 aromatic rings. The van der Waals surface area contributed by atoms with Gasteiger partial charge in [-0.25, -0.2) is 4.98 Å². The van der Waals surface area contributed by atoms with Gasteiger partial charge in [-0.05, 0) is 25.0 Å². The summed E-state index contributed by atoms with van der Waals surface area (Å²) in [6, 6.07) is 6.05. The topological polar surface area (TPSA) is 44.1 Å². The third-order valence-electron chi connectivity index (χ3n) is 3.04. The fourth-order valence-electron chi connectivity index (χ4n) is 1.93. The second-order valence-electron chi connectivity index (χ2n) is 4.08. The zero-order chi connectivity index (χ0) is 14.4. The molecule has 0 amide bonds. The molecule has 2 rings (SSSR count). The van der Waals surface area contributed by atoms with Crippen LogP contribution in [0.15, 0.2) is 18.2 Å². The molecule has 0 spiro atoms. The molecule has 0 unspecified atom stereocenters. The minimum absolute atomic E-state index is 0.186. The molecule has 0 saturated carbocycles. The van der Waals surface area contributed by atoms with Gasteiger partial charge in [0.1, 0.15) is 5.82 Å². The molecule has 19 heavy (non-hydrogen) atoms. The van der Waals surface area contributed by atoms with Crippen LogP contribution >= 0.6 is 0 Å². The summed E-state index contributed by atoms with van der Waals surface area (Å²) in [5.74, 6) is 0.792. The molecule has 0 aliphatic carbocycles. The third-order valence-corrected chi connectivity index (χ3v) is 3.04. The van der Waals surface area contributed by atoms with Crippen LogP contribution in [0.25, 0.3) is 11.0 Å². The monoisotopic (exact) mass is 262 g/mol. The van der Waals surface area contributed by atoms with Gasteiger partial charge in [-0.3, -0.25) is 4.79 Å². The Morgan fingerprint density at radius 3 is 2.68 bits per heavy atom. The molecule has 4 heteroatoms. The number of methoxy groups -OCH3 is 1. The number of fused-ring (bicyclic) bond motifs is 1. The van der Waals surface area contributed by atoms with Gasteiger partial charge in [0.2, 0.25) is 0 Å². The Morgan fingerprint density at radius 2 is 2.05 bits per heavy atom. The average molecular weight is 262 g/mol. The van der Waals surface area contributed by atoms with E-state index >= 15 is 0 Å². The number of rotatable bonds is 3. The first kappa shape index (κ1) is 15.2. The average Bonchev–Trinajstić information content (AvgIpc) is 2.74. The van der Waals surface area contributed by atoms with E-state index in [0.29, 0.717) is 12.8 Å². The standard InChI is InChI=1S/C13H16N2O2.C2H6/c1-9-14-13-10(7-8-12(16)17-3)5-4-6-11(13)15(9)2;1-2/h4-6H,7-8H2,1-3H3;1-2H3. The van der Waals surface area contributed by atoms with Crippen LogP contribution in [0.4, 0.5) is 0 Å². The summed E-state index contributed by atoms with van der Waals surface area (Å²) < 4.78 is 6.70. The van der Waals surface area contributed by atoms with Gasteiger partial charge in [0, 0.05) is 13.5 Å². The first-order valence-corrected chi connectivity index (χ1v) is 6.61. The molecule has 1 aromatic heterocycles. The van der Waals surface area contributed by atoms with Crippen LogP contribution in [0, 0.1) is 6.92 Å². The Labute approximate surface area is 114 Å². The van der Waals surface area contributed by atoms with Crippen molar-refractivity contribution in [1.29, 1.82) is 0 Å². The highest BCUT2D eigenvalue weighted by atomic mass is 16.5. The van der Waals surface area contributed by atoms with Crippen molar-refractivity contribution in [2.45, 2.75) is 33.6 Å². The molecule has 4 nitrogen and oxygen atoms in total. The van der Waals surface area contributed by atoms with Crippen molar-refractivity contribution in [3.8, 4) is 0 Å². The van der Waals surface area contributed by atoms with E-state index in [9.17, 15) is 4.79 Å². The van der Waals surface area contributed by atoms with Crippen molar-refractivity contribution < 1.29 is 9.53 Å². The van der Waals surface area contributed by atoms with Crippen LogP contribution < -0.4 is 0 Å². The number of carbonyl (C=O) groups excluding carboxylic acids is 1. The van der Waals surface area contributed by atoms with Gasteiger partial charge < -0.3 is 9.30 Å². The van der Waals surface area contributed by atoms with Crippen LogP contribution in [0.1, 0.15) is 31.7 Å². The molecule has 0 N–H and O–H groups in total. The summed E-state index contributed by atoms with van der Waals surface area (Å²) in [6.07, 6.45) is 1.06. The molecule has 0 aliphatic rings. The second-order valence-corrected chi connectivity index (χ2v) is 4.08. The smallest absolute Gasteiger partial charge is 0.305 e. The van der Waals surface area contributed by atoms with E-state index in [-0.39, 0.29) is 5.97 Å². The predicted octanol–water partition coefficient (Wildman–Crippen LogP) is 3.01. The molecule has 0 bridgehead atoms. The predicted molar refractivity (Wildman–Crippen MR) is 77.1 cm³/mol. The van der Waals surface area contributed by atoms with Crippen molar-refractivity contribution >= 4 is 17.0 Å². The quantitative estimate of drug-likeness (QED) is 0.799. The van der Waals surface area contributed by atoms with Crippen LogP contribution in [-0.2, 0) is 23.0 Å². The largest absolute Gasteiger partial charge is 0.469 e. The minimum atomic E-state index is -0.186. The molecular weight excluding hydrogens is 240 g/mol. The third kappa shape index (κ3) is 3.34. The normalized spacial score (nSPS) is 9.95. The lowest BCUT2D eigenvalue weighted by Crippen LogP contribution is -2.02. The Kier molecular flexibility index (Phi) is 5.55. The van der Waals surface area contributed by atoms with E-state index in [2.05, 4.69) is 14.3 Å². The van der Waals surface area contributed by atoms with Gasteiger partial charge in [-0.2, -0.15) is 0 Å². The number of imidazole rings is 1. The number of hydrogen-bond donors (Lipinski definition) is 0. The Morgan fingerprint density at radius 1 is 1.37 bits per heavy atom. The summed E-state index contributed by atoms with van der Waals surface area (Å²) in [4.78, 5) is 15.7. The zero-order valence-electron chi connectivity index (χ0n) is 12.4. The van der Waals surface area contributed by atoms with Gasteiger partial charge in [0.05, 0.1) is 18.1 Å². The van der Waals surface area contributed by atoms with E-state index in [1.54, 1.807) is 0 Å². The highest BCUT2D eigenvalue weighted by Crippen LogP contribution is 2.20. The summed E-state index contributed by atoms with van der Waals surface area (Å²) in [6.45, 7) is 5.98. The van der Waals surface area contributed by atoms with Gasteiger partial charge >= 0.3 is 5.97 Å². The van der Waals surface area contributed by atoms with Crippen LogP contribution in [0.2, 0.25) is 0 Å². The van der Waals surface area contributed by atoms with E-state index < -0.39 is 0 Å². The van der Waals surface area contributed by atoms with Gasteiger partial charge in [0.25, 0.3) is 0 Å². The number of para-hydroxylation sites is 1. The Balaban J connectivity index is 0.000000861. The molecule has 0 aliphatic heterocycles. The summed E-state index contributed by atoms with van der Waals surface area (Å²) >= 11 is 0. The number of aryl methyl sites for hydroxylation is 3. The molecule has 0 fully saturated rings. The van der Waals surface area contributed by atoms with Crippen LogP contribution in [0.3, 0.4) is 0 Å². The SMILES string of the molecule is CC.COC(=O)CCc1cccc2c1nc(C)n2C. The van der Waals surface area contributed by atoms with Gasteiger partial charge in [-0.1, -0.05) is 26.0 Å². The fourth-order valence-corrected chi connectivity index (χ4v) is 1.93. The maximum absolute atomic E-state index is 11.1. The van der Waals surface area contributed by atoms with Crippen LogP contribution in [-0.4, -0.2) is 22.6 Å². The molecule has 0 saturated heterocycles. The molecule has 0 radical (unpaired) electrons. The van der Waals surface area contributed by atoms with Gasteiger partial charge in [-0.15, -0.1) is 0 Å². The molecule has 1 heterocycles. The fraction of sp³-hybridized carbons (Fsp3) is 0.467. The maximum atomic E-state index is 11.1. The van der Waals surface area contributed by atoms with Gasteiger partial charge in [0.15, 0.2) is 0 Å². The molecular formula is C15H22N2O2. The highest BCUT2D eigenvalue weighted by Gasteiger charge is 2.09. The number of carbonyl (C=O) groups is 1. The number of nitrogens with zero attached hydrogens (tertiary/aromatic N) is 2. The molecule has 0 atom stereocenters. The van der Waals surface area contributed by atoms with E-state index in [0.717, 1.165) is 22.4 Å². The molecule has 104 valence electrons. The number of esters is 1. The number of benzene rings is 1. The van der Waals surface area contributed by atoms with Crippen molar-refractivity contribution in [1.82, 2.24) is 9.55 Å². The Hall–Kier alpha value is -1.84. The summed E-state index contributed by atoms with van der Waals surface area (Å²) in [5.41, 5.74) is 3.18. The lowest BCUT2D eigenvalue weighted by Gasteiger charge is -2.02. The second kappa shape index (κ2) is 6.92. The number of ether oxygens (including phenoxy) is 1. The number of hydrogen-bond acceptors (Lipinski definition) is 3. The lowest BCUT2D eigenvalue weighted by atomic mass is 10.1. The molecule has 1 aromatic carbocycles. The van der Waals surface area contributed by atoms with Crippen molar-refractivity contribution in [2.24, 2.45) is 7.05 Å². The van der Waals surface area contributed by atoms with Crippen molar-refractivity contribution in [2.75, 3.05) is 7.11 Å². The highest BCUT2D eigenvalue weighted by molar-refractivity contribution is 5.80. The van der Waals surface area contributed by atoms with Crippen molar-refractivity contribution in [3.05, 3.63) is 29.6 Å². The Bertz CT molecular complexity index is 559.